The first-order valence-corrected chi connectivity index (χ1v) is 3.98. The number of nitrogens with one attached hydrogen (secondary N) is 1. The molecule has 2 N–H and O–H groups in total. The van der Waals surface area contributed by atoms with E-state index in [4.69, 9.17) is 5.11 Å². The third-order valence-electron chi connectivity index (χ3n) is 2.11. The van der Waals surface area contributed by atoms with Gasteiger partial charge in [-0.05, 0) is 24.1 Å². The summed E-state index contributed by atoms with van der Waals surface area (Å²) in [6.45, 7) is 0.676. The zero-order valence-electron chi connectivity index (χ0n) is 6.80. The lowest BCUT2D eigenvalue weighted by molar-refractivity contribution is 0.0696. The Balaban J connectivity index is 2.55. The highest BCUT2D eigenvalue weighted by Crippen LogP contribution is 2.26. The molecule has 0 unspecified atom stereocenters. The van der Waals surface area contributed by atoms with Crippen LogP contribution in [0.5, 0.6) is 0 Å². The van der Waals surface area contributed by atoms with Gasteiger partial charge in [0.25, 0.3) is 0 Å². The van der Waals surface area contributed by atoms with Crippen molar-refractivity contribution < 1.29 is 14.3 Å². The van der Waals surface area contributed by atoms with E-state index >= 15 is 0 Å². The van der Waals surface area contributed by atoms with Crippen LogP contribution in [0, 0.1) is 5.82 Å². The van der Waals surface area contributed by atoms with E-state index in [1.807, 2.05) is 0 Å². The lowest BCUT2D eigenvalue weighted by Gasteiger charge is -2.02. The van der Waals surface area contributed by atoms with Crippen LogP contribution in [-0.2, 0) is 6.42 Å². The molecule has 13 heavy (non-hydrogen) atoms. The Morgan fingerprint density at radius 3 is 3.00 bits per heavy atom. The van der Waals surface area contributed by atoms with Gasteiger partial charge < -0.3 is 10.4 Å². The first-order chi connectivity index (χ1) is 6.18. The second kappa shape index (κ2) is 2.73. The third-order valence-corrected chi connectivity index (χ3v) is 2.11. The molecule has 0 bridgehead atoms. The summed E-state index contributed by atoms with van der Waals surface area (Å²) >= 11 is 0. The number of carbonyl (C=O) groups is 1. The summed E-state index contributed by atoms with van der Waals surface area (Å²) in [5, 5.41) is 11.5. The zero-order chi connectivity index (χ0) is 9.42. The van der Waals surface area contributed by atoms with E-state index in [-0.39, 0.29) is 5.56 Å². The van der Waals surface area contributed by atoms with Crippen LogP contribution in [0.3, 0.4) is 0 Å². The van der Waals surface area contributed by atoms with Crippen LogP contribution >= 0.6 is 0 Å². The first-order valence-electron chi connectivity index (χ1n) is 3.98. The lowest BCUT2D eigenvalue weighted by atomic mass is 10.1. The van der Waals surface area contributed by atoms with Crippen molar-refractivity contribution in [2.24, 2.45) is 0 Å². The van der Waals surface area contributed by atoms with E-state index in [1.54, 1.807) is 0 Å². The minimum atomic E-state index is -1.09. The highest BCUT2D eigenvalue weighted by atomic mass is 19.1. The number of fused-ring (bicyclic) bond motifs is 1. The second-order valence-electron chi connectivity index (χ2n) is 2.97. The summed E-state index contributed by atoms with van der Waals surface area (Å²) in [6.07, 6.45) is 0.688. The molecule has 0 amide bonds. The van der Waals surface area contributed by atoms with Gasteiger partial charge in [0, 0.05) is 6.54 Å². The highest BCUT2D eigenvalue weighted by Gasteiger charge is 2.17. The minimum Gasteiger partial charge on any atom is -0.478 e. The van der Waals surface area contributed by atoms with E-state index in [0.717, 1.165) is 11.6 Å². The predicted molar refractivity (Wildman–Crippen MR) is 45.6 cm³/mol. The number of halogens is 1. The largest absolute Gasteiger partial charge is 0.478 e. The van der Waals surface area contributed by atoms with Crippen LogP contribution in [0.4, 0.5) is 10.1 Å². The van der Waals surface area contributed by atoms with Gasteiger partial charge in [-0.15, -0.1) is 0 Å². The summed E-state index contributed by atoms with van der Waals surface area (Å²) in [5.74, 6) is -1.57. The molecule has 0 fully saturated rings. The Labute approximate surface area is 74.2 Å². The standard InChI is InChI=1S/C9H8FNO2/c10-7-4-6(9(12)13)3-5-1-2-11-8(5)7/h3-4,11H,1-2H2,(H,12,13). The molecular formula is C9H8FNO2. The van der Waals surface area contributed by atoms with Gasteiger partial charge in [0.05, 0.1) is 11.3 Å². The Morgan fingerprint density at radius 2 is 2.31 bits per heavy atom. The molecule has 0 aromatic heterocycles. The molecule has 0 atom stereocenters. The van der Waals surface area contributed by atoms with Crippen molar-refractivity contribution in [3.05, 3.63) is 29.1 Å². The summed E-state index contributed by atoms with van der Waals surface area (Å²) in [4.78, 5) is 10.6. The van der Waals surface area contributed by atoms with Crippen molar-refractivity contribution in [2.45, 2.75) is 6.42 Å². The van der Waals surface area contributed by atoms with Crippen LogP contribution < -0.4 is 5.32 Å². The molecule has 1 aromatic carbocycles. The Bertz CT molecular complexity index is 376. The average molecular weight is 181 g/mol. The number of rotatable bonds is 1. The zero-order valence-corrected chi connectivity index (χ0v) is 6.80. The van der Waals surface area contributed by atoms with Crippen LogP contribution in [0.1, 0.15) is 15.9 Å². The van der Waals surface area contributed by atoms with Crippen LogP contribution in [-0.4, -0.2) is 17.6 Å². The smallest absolute Gasteiger partial charge is 0.335 e. The number of aromatic carboxylic acids is 1. The van der Waals surface area contributed by atoms with Gasteiger partial charge in [-0.25, -0.2) is 9.18 Å². The lowest BCUT2D eigenvalue weighted by Crippen LogP contribution is -1.99. The van der Waals surface area contributed by atoms with E-state index in [1.165, 1.54) is 6.07 Å². The fourth-order valence-electron chi connectivity index (χ4n) is 1.50. The van der Waals surface area contributed by atoms with Gasteiger partial charge in [0.1, 0.15) is 5.82 Å². The van der Waals surface area contributed by atoms with E-state index in [9.17, 15) is 9.18 Å². The van der Waals surface area contributed by atoms with Gasteiger partial charge in [-0.1, -0.05) is 0 Å². The second-order valence-corrected chi connectivity index (χ2v) is 2.97. The Hall–Kier alpha value is -1.58. The molecule has 68 valence electrons. The van der Waals surface area contributed by atoms with Gasteiger partial charge >= 0.3 is 5.97 Å². The fourth-order valence-corrected chi connectivity index (χ4v) is 1.50. The third kappa shape index (κ3) is 1.24. The number of hydrogen-bond donors (Lipinski definition) is 2. The van der Waals surface area contributed by atoms with Gasteiger partial charge in [-0.2, -0.15) is 0 Å². The molecule has 4 heteroatoms. The van der Waals surface area contributed by atoms with Crippen LogP contribution in [0.25, 0.3) is 0 Å². The minimum absolute atomic E-state index is 0.0138. The maximum Gasteiger partial charge on any atom is 0.335 e. The quantitative estimate of drug-likeness (QED) is 0.690. The summed E-state index contributed by atoms with van der Waals surface area (Å²) in [6, 6.07) is 2.56. The van der Waals surface area contributed by atoms with Crippen molar-refractivity contribution in [1.82, 2.24) is 0 Å². The molecule has 1 aliphatic heterocycles. The molecule has 0 saturated heterocycles. The number of benzene rings is 1. The number of carboxylic acid groups (broad SMARTS) is 1. The molecule has 1 aromatic rings. The van der Waals surface area contributed by atoms with E-state index in [0.29, 0.717) is 18.7 Å². The maximum atomic E-state index is 13.2. The molecule has 2 rings (SSSR count). The molecule has 0 saturated carbocycles. The number of anilines is 1. The summed E-state index contributed by atoms with van der Waals surface area (Å²) < 4.78 is 13.2. The Kier molecular flexibility index (Phi) is 1.69. The van der Waals surface area contributed by atoms with E-state index < -0.39 is 11.8 Å². The fraction of sp³-hybridized carbons (Fsp3) is 0.222. The number of hydrogen-bond acceptors (Lipinski definition) is 2. The monoisotopic (exact) mass is 181 g/mol. The van der Waals surface area contributed by atoms with Crippen molar-refractivity contribution in [3.8, 4) is 0 Å². The van der Waals surface area contributed by atoms with Gasteiger partial charge in [0.15, 0.2) is 0 Å². The van der Waals surface area contributed by atoms with Crippen molar-refractivity contribution in [3.63, 3.8) is 0 Å². The average Bonchev–Trinajstić information content (AvgIpc) is 2.51. The van der Waals surface area contributed by atoms with Crippen LogP contribution in [0.2, 0.25) is 0 Å². The van der Waals surface area contributed by atoms with Crippen LogP contribution in [0.15, 0.2) is 12.1 Å². The molecule has 0 spiro atoms. The Morgan fingerprint density at radius 1 is 1.54 bits per heavy atom. The molecule has 1 aliphatic rings. The molecule has 3 nitrogen and oxygen atoms in total. The maximum absolute atomic E-state index is 13.2. The van der Waals surface area contributed by atoms with E-state index in [2.05, 4.69) is 5.32 Å². The predicted octanol–water partition coefficient (Wildman–Crippen LogP) is 1.49. The molecule has 0 radical (unpaired) electrons. The molecule has 0 aliphatic carbocycles. The van der Waals surface area contributed by atoms with Crippen molar-refractivity contribution in [1.29, 1.82) is 0 Å². The normalized spacial score (nSPS) is 13.6. The van der Waals surface area contributed by atoms with Gasteiger partial charge in [0.2, 0.25) is 0 Å². The van der Waals surface area contributed by atoms with Crippen molar-refractivity contribution >= 4 is 11.7 Å². The first kappa shape index (κ1) is 8.04. The highest BCUT2D eigenvalue weighted by molar-refractivity contribution is 5.88. The van der Waals surface area contributed by atoms with Crippen molar-refractivity contribution in [2.75, 3.05) is 11.9 Å². The number of carboxylic acids is 1. The molecular weight excluding hydrogens is 173 g/mol. The SMILES string of the molecule is O=C(O)c1cc(F)c2c(c1)CCN2. The summed E-state index contributed by atoms with van der Waals surface area (Å²) in [5.41, 5.74) is 1.21. The summed E-state index contributed by atoms with van der Waals surface area (Å²) in [7, 11) is 0. The topological polar surface area (TPSA) is 49.3 Å². The molecule has 1 heterocycles. The van der Waals surface area contributed by atoms with Gasteiger partial charge in [-0.3, -0.25) is 0 Å².